The lowest BCUT2D eigenvalue weighted by Crippen LogP contribution is -2.37. The van der Waals surface area contributed by atoms with Crippen molar-refractivity contribution in [1.29, 1.82) is 0 Å². The molecule has 0 aromatic heterocycles. The van der Waals surface area contributed by atoms with E-state index in [1.54, 1.807) is 24.3 Å². The second-order valence-electron chi connectivity index (χ2n) is 7.93. The molecule has 1 heterocycles. The van der Waals surface area contributed by atoms with Gasteiger partial charge >= 0.3 is 10.1 Å². The first-order valence-electron chi connectivity index (χ1n) is 10.3. The highest BCUT2D eigenvalue weighted by Crippen LogP contribution is 2.39. The number of hydrogen-bond acceptors (Lipinski definition) is 5. The monoisotopic (exact) mass is 434 g/mol. The zero-order valence-corrected chi connectivity index (χ0v) is 18.5. The SMILES string of the molecule is Cc1ccc(S(=O)(=O)ON=C2CC(c3ccccc3)N(C)C(c3ccccc3)C2)cc1. The summed E-state index contributed by atoms with van der Waals surface area (Å²) in [4.78, 5) is 2.44. The van der Waals surface area contributed by atoms with E-state index in [1.807, 2.05) is 43.3 Å². The topological polar surface area (TPSA) is 59.0 Å². The van der Waals surface area contributed by atoms with Crippen LogP contribution in [0, 0.1) is 6.92 Å². The van der Waals surface area contributed by atoms with Crippen LogP contribution in [0.25, 0.3) is 0 Å². The van der Waals surface area contributed by atoms with E-state index in [0.29, 0.717) is 12.8 Å². The highest BCUT2D eigenvalue weighted by Gasteiger charge is 2.33. The van der Waals surface area contributed by atoms with Crippen molar-refractivity contribution in [3.8, 4) is 0 Å². The molecule has 3 aromatic carbocycles. The summed E-state index contributed by atoms with van der Waals surface area (Å²) in [6.45, 7) is 1.91. The first-order chi connectivity index (χ1) is 14.9. The van der Waals surface area contributed by atoms with Gasteiger partial charge in [0, 0.05) is 24.9 Å². The number of oxime groups is 1. The van der Waals surface area contributed by atoms with Crippen molar-refractivity contribution in [1.82, 2.24) is 4.90 Å². The fourth-order valence-electron chi connectivity index (χ4n) is 4.02. The van der Waals surface area contributed by atoms with Crippen molar-refractivity contribution in [3.05, 3.63) is 102 Å². The fourth-order valence-corrected chi connectivity index (χ4v) is 4.77. The molecular formula is C25H26N2O3S. The minimum Gasteiger partial charge on any atom is -0.292 e. The van der Waals surface area contributed by atoms with Crippen LogP contribution in [0.2, 0.25) is 0 Å². The van der Waals surface area contributed by atoms with E-state index in [9.17, 15) is 8.42 Å². The summed E-state index contributed by atoms with van der Waals surface area (Å²) in [6.07, 6.45) is 1.21. The number of nitrogens with zero attached hydrogens (tertiary/aromatic N) is 2. The first kappa shape index (κ1) is 21.3. The number of likely N-dealkylation sites (tertiary alicyclic amines) is 1. The standard InChI is InChI=1S/C25H26N2O3S/c1-19-13-15-23(16-14-19)31(28,29)30-26-22-17-24(20-9-5-3-6-10-20)27(2)25(18-22)21-11-7-4-8-12-21/h3-16,24-25H,17-18H2,1-2H3. The molecule has 2 atom stereocenters. The van der Waals surface area contributed by atoms with E-state index in [4.69, 9.17) is 4.28 Å². The molecule has 1 saturated heterocycles. The van der Waals surface area contributed by atoms with Crippen molar-refractivity contribution in [2.75, 3.05) is 7.05 Å². The maximum atomic E-state index is 12.6. The van der Waals surface area contributed by atoms with Crippen molar-refractivity contribution >= 4 is 15.8 Å². The van der Waals surface area contributed by atoms with E-state index >= 15 is 0 Å². The van der Waals surface area contributed by atoms with Crippen LogP contribution >= 0.6 is 0 Å². The Morgan fingerprint density at radius 1 is 0.806 bits per heavy atom. The van der Waals surface area contributed by atoms with Crippen LogP contribution in [-0.2, 0) is 14.4 Å². The van der Waals surface area contributed by atoms with Gasteiger partial charge in [-0.25, -0.2) is 0 Å². The highest BCUT2D eigenvalue weighted by molar-refractivity contribution is 7.86. The van der Waals surface area contributed by atoms with Crippen LogP contribution < -0.4 is 0 Å². The molecule has 1 aliphatic rings. The molecule has 2 unspecified atom stereocenters. The third-order valence-corrected chi connectivity index (χ3v) is 6.90. The number of rotatable bonds is 5. The Bertz CT molecular complexity index is 1090. The lowest BCUT2D eigenvalue weighted by Gasteiger charge is -2.40. The van der Waals surface area contributed by atoms with Gasteiger partial charge in [0.1, 0.15) is 4.90 Å². The Hall–Kier alpha value is -2.96. The van der Waals surface area contributed by atoms with Gasteiger partial charge in [0.2, 0.25) is 0 Å². The Morgan fingerprint density at radius 2 is 1.29 bits per heavy atom. The molecule has 1 aliphatic heterocycles. The molecule has 0 bridgehead atoms. The largest absolute Gasteiger partial charge is 0.358 e. The Kier molecular flexibility index (Phi) is 6.20. The number of piperidine rings is 1. The normalized spacial score (nSPS) is 19.7. The van der Waals surface area contributed by atoms with E-state index in [1.165, 1.54) is 11.1 Å². The van der Waals surface area contributed by atoms with Gasteiger partial charge < -0.3 is 0 Å². The second kappa shape index (κ2) is 9.04. The summed E-state index contributed by atoms with van der Waals surface area (Å²) >= 11 is 0. The summed E-state index contributed by atoms with van der Waals surface area (Å²) in [6, 6.07) is 27.2. The van der Waals surface area contributed by atoms with Crippen molar-refractivity contribution in [2.24, 2.45) is 5.16 Å². The zero-order valence-electron chi connectivity index (χ0n) is 17.7. The van der Waals surface area contributed by atoms with Gasteiger partial charge in [-0.1, -0.05) is 83.5 Å². The Balaban J connectivity index is 1.64. The molecule has 5 nitrogen and oxygen atoms in total. The molecule has 0 amide bonds. The van der Waals surface area contributed by atoms with Crippen molar-refractivity contribution in [2.45, 2.75) is 36.7 Å². The number of hydrogen-bond donors (Lipinski definition) is 0. The minimum atomic E-state index is -3.96. The summed E-state index contributed by atoms with van der Waals surface area (Å²) in [5, 5.41) is 4.14. The third kappa shape index (κ3) is 4.86. The first-order valence-corrected chi connectivity index (χ1v) is 11.7. The molecule has 0 saturated carbocycles. The van der Waals surface area contributed by atoms with Gasteiger partial charge in [-0.3, -0.25) is 9.18 Å². The summed E-state index contributed by atoms with van der Waals surface area (Å²) in [5.41, 5.74) is 4.05. The van der Waals surface area contributed by atoms with Crippen LogP contribution in [0.5, 0.6) is 0 Å². The van der Waals surface area contributed by atoms with E-state index in [-0.39, 0.29) is 17.0 Å². The second-order valence-corrected chi connectivity index (χ2v) is 9.45. The van der Waals surface area contributed by atoms with Crippen LogP contribution in [0.3, 0.4) is 0 Å². The average Bonchev–Trinajstić information content (AvgIpc) is 2.80. The van der Waals surface area contributed by atoms with E-state index < -0.39 is 10.1 Å². The molecule has 160 valence electrons. The lowest BCUT2D eigenvalue weighted by molar-refractivity contribution is 0.160. The molecule has 3 aromatic rings. The van der Waals surface area contributed by atoms with Crippen LogP contribution in [0.4, 0.5) is 0 Å². The van der Waals surface area contributed by atoms with E-state index in [2.05, 4.69) is 41.4 Å². The number of benzene rings is 3. The predicted octanol–water partition coefficient (Wildman–Crippen LogP) is 5.26. The lowest BCUT2D eigenvalue weighted by atomic mass is 9.87. The van der Waals surface area contributed by atoms with Gasteiger partial charge in [-0.2, -0.15) is 8.42 Å². The number of aryl methyl sites for hydroxylation is 1. The van der Waals surface area contributed by atoms with Crippen molar-refractivity contribution in [3.63, 3.8) is 0 Å². The average molecular weight is 435 g/mol. The maximum Gasteiger partial charge on any atom is 0.358 e. The molecule has 6 heteroatoms. The molecule has 0 aliphatic carbocycles. The van der Waals surface area contributed by atoms with Gasteiger partial charge in [0.15, 0.2) is 0 Å². The fraction of sp³-hybridized carbons (Fsp3) is 0.240. The zero-order chi connectivity index (χ0) is 21.8. The summed E-state index contributed by atoms with van der Waals surface area (Å²) in [7, 11) is -1.85. The van der Waals surface area contributed by atoms with Crippen molar-refractivity contribution < 1.29 is 12.7 Å². The van der Waals surface area contributed by atoms with Crippen LogP contribution in [0.15, 0.2) is 95.0 Å². The van der Waals surface area contributed by atoms with Crippen LogP contribution in [0.1, 0.15) is 41.6 Å². The molecule has 1 fully saturated rings. The molecular weight excluding hydrogens is 408 g/mol. The van der Waals surface area contributed by atoms with E-state index in [0.717, 1.165) is 11.3 Å². The predicted molar refractivity (Wildman–Crippen MR) is 122 cm³/mol. The Labute approximate surface area is 184 Å². The molecule has 0 radical (unpaired) electrons. The Morgan fingerprint density at radius 3 is 1.77 bits per heavy atom. The van der Waals surface area contributed by atoms with Gasteiger partial charge in [-0.05, 0) is 37.2 Å². The van der Waals surface area contributed by atoms with Gasteiger partial charge in [0.05, 0.1) is 5.71 Å². The quantitative estimate of drug-likeness (QED) is 0.514. The molecule has 0 N–H and O–H groups in total. The molecule has 4 rings (SSSR count). The summed E-state index contributed by atoms with van der Waals surface area (Å²) < 4.78 is 30.4. The maximum absolute atomic E-state index is 12.6. The highest BCUT2D eigenvalue weighted by atomic mass is 32.2. The van der Waals surface area contributed by atoms with Gasteiger partial charge in [-0.15, -0.1) is 0 Å². The minimum absolute atomic E-state index is 0.0737. The molecule has 31 heavy (non-hydrogen) atoms. The smallest absolute Gasteiger partial charge is 0.292 e. The molecule has 0 spiro atoms. The van der Waals surface area contributed by atoms with Gasteiger partial charge in [0.25, 0.3) is 0 Å². The summed E-state index contributed by atoms with van der Waals surface area (Å²) in [5.74, 6) is 0. The third-order valence-electron chi connectivity index (χ3n) is 5.78. The van der Waals surface area contributed by atoms with Crippen LogP contribution in [-0.4, -0.2) is 26.1 Å².